The van der Waals surface area contributed by atoms with Crippen LogP contribution < -0.4 is 15.2 Å². The Kier molecular flexibility index (Phi) is 3.61. The molecule has 1 aromatic carbocycles. The fraction of sp³-hybridized carbons (Fsp3) is 0.182. The Morgan fingerprint density at radius 3 is 2.78 bits per heavy atom. The molecular weight excluding hydrogens is 262 g/mol. The fourth-order valence-corrected chi connectivity index (χ4v) is 1.81. The minimum atomic E-state index is -0.777. The molecule has 2 aromatic rings. The number of anilines is 1. The van der Waals surface area contributed by atoms with Gasteiger partial charge >= 0.3 is 0 Å². The van der Waals surface area contributed by atoms with Crippen LogP contribution in [-0.2, 0) is 6.61 Å². The minimum Gasteiger partial charge on any atom is -0.494 e. The first-order chi connectivity index (χ1) is 8.61. The Morgan fingerprint density at radius 1 is 1.39 bits per heavy atom. The number of hydrogen-bond donors (Lipinski definition) is 1. The van der Waals surface area contributed by atoms with Crippen LogP contribution in [0.15, 0.2) is 18.2 Å². The zero-order valence-electron chi connectivity index (χ0n) is 9.44. The second kappa shape index (κ2) is 5.18. The number of hydrogen-bond acceptors (Lipinski definition) is 5. The van der Waals surface area contributed by atoms with Crippen molar-refractivity contribution < 1.29 is 18.3 Å². The van der Waals surface area contributed by atoms with E-state index in [1.807, 2.05) is 0 Å². The number of nitrogens with zero attached hydrogens (tertiary/aromatic N) is 1. The molecule has 2 N–H and O–H groups in total. The monoisotopic (exact) mass is 272 g/mol. The van der Waals surface area contributed by atoms with E-state index in [-0.39, 0.29) is 23.8 Å². The average Bonchev–Trinajstić information content (AvgIpc) is 2.75. The van der Waals surface area contributed by atoms with Crippen molar-refractivity contribution in [3.05, 3.63) is 35.4 Å². The van der Waals surface area contributed by atoms with Crippen LogP contribution in [0, 0.1) is 11.6 Å². The SMILES string of the molecule is COc1ccc(F)c(COc2cc(N)sn2)c1F. The number of benzene rings is 1. The predicted octanol–water partition coefficient (Wildman–Crippen LogP) is 2.59. The maximum atomic E-state index is 13.8. The number of aromatic nitrogens is 1. The van der Waals surface area contributed by atoms with E-state index in [4.69, 9.17) is 15.2 Å². The first kappa shape index (κ1) is 12.6. The number of ether oxygens (including phenoxy) is 2. The Labute approximate surface area is 106 Å². The standard InChI is InChI=1S/C11H10F2N2O2S/c1-16-8-3-2-7(12)6(11(8)13)5-17-10-4-9(14)18-15-10/h2-4H,5,14H2,1H3. The normalized spacial score (nSPS) is 10.4. The summed E-state index contributed by atoms with van der Waals surface area (Å²) in [4.78, 5) is 0. The molecule has 1 heterocycles. The highest BCUT2D eigenvalue weighted by atomic mass is 32.1. The molecule has 0 aliphatic carbocycles. The van der Waals surface area contributed by atoms with Crippen molar-refractivity contribution in [2.24, 2.45) is 0 Å². The molecule has 18 heavy (non-hydrogen) atoms. The molecular formula is C11H10F2N2O2S. The van der Waals surface area contributed by atoms with Gasteiger partial charge in [0.25, 0.3) is 0 Å². The molecule has 0 saturated carbocycles. The summed E-state index contributed by atoms with van der Waals surface area (Å²) in [6.07, 6.45) is 0. The molecule has 1 aromatic heterocycles. The Hall–Kier alpha value is -1.89. The maximum absolute atomic E-state index is 13.8. The lowest BCUT2D eigenvalue weighted by Gasteiger charge is -2.08. The summed E-state index contributed by atoms with van der Waals surface area (Å²) < 4.78 is 41.0. The topological polar surface area (TPSA) is 57.4 Å². The fourth-order valence-electron chi connectivity index (χ4n) is 1.35. The van der Waals surface area contributed by atoms with Crippen molar-refractivity contribution in [2.75, 3.05) is 12.8 Å². The van der Waals surface area contributed by atoms with Crippen LogP contribution in [0.4, 0.5) is 13.8 Å². The lowest BCUT2D eigenvalue weighted by Crippen LogP contribution is -2.04. The summed E-state index contributed by atoms with van der Waals surface area (Å²) in [6, 6.07) is 3.83. The highest BCUT2D eigenvalue weighted by molar-refractivity contribution is 7.10. The lowest BCUT2D eigenvalue weighted by atomic mass is 10.2. The van der Waals surface area contributed by atoms with Crippen molar-refractivity contribution in [2.45, 2.75) is 6.61 Å². The third kappa shape index (κ3) is 2.51. The molecule has 4 nitrogen and oxygen atoms in total. The van der Waals surface area contributed by atoms with E-state index >= 15 is 0 Å². The van der Waals surface area contributed by atoms with Crippen molar-refractivity contribution in [3.8, 4) is 11.6 Å². The first-order valence-corrected chi connectivity index (χ1v) is 5.75. The summed E-state index contributed by atoms with van der Waals surface area (Å²) in [6.45, 7) is -0.280. The summed E-state index contributed by atoms with van der Waals surface area (Å²) >= 11 is 1.05. The van der Waals surface area contributed by atoms with E-state index < -0.39 is 11.6 Å². The van der Waals surface area contributed by atoms with Crippen LogP contribution in [-0.4, -0.2) is 11.5 Å². The smallest absolute Gasteiger partial charge is 0.227 e. The van der Waals surface area contributed by atoms with E-state index in [2.05, 4.69) is 4.37 Å². The van der Waals surface area contributed by atoms with Crippen molar-refractivity contribution in [1.82, 2.24) is 4.37 Å². The van der Waals surface area contributed by atoms with Crippen molar-refractivity contribution in [3.63, 3.8) is 0 Å². The number of nitrogen functional groups attached to an aromatic ring is 1. The van der Waals surface area contributed by atoms with Gasteiger partial charge in [-0.3, -0.25) is 0 Å². The van der Waals surface area contributed by atoms with Gasteiger partial charge in [0, 0.05) is 6.07 Å². The molecule has 0 amide bonds. The van der Waals surface area contributed by atoms with Crippen LogP contribution in [0.1, 0.15) is 5.56 Å². The summed E-state index contributed by atoms with van der Waals surface area (Å²) in [5.41, 5.74) is 5.25. The maximum Gasteiger partial charge on any atom is 0.227 e. The van der Waals surface area contributed by atoms with Gasteiger partial charge in [0.1, 0.15) is 17.4 Å². The van der Waals surface area contributed by atoms with Gasteiger partial charge in [0.05, 0.1) is 12.7 Å². The van der Waals surface area contributed by atoms with Crippen molar-refractivity contribution >= 4 is 16.5 Å². The largest absolute Gasteiger partial charge is 0.494 e. The predicted molar refractivity (Wildman–Crippen MR) is 63.8 cm³/mol. The van der Waals surface area contributed by atoms with E-state index in [9.17, 15) is 8.78 Å². The summed E-state index contributed by atoms with van der Waals surface area (Å²) in [5.74, 6) is -1.27. The van der Waals surface area contributed by atoms with Gasteiger partial charge in [0.15, 0.2) is 11.6 Å². The van der Waals surface area contributed by atoms with E-state index in [1.165, 1.54) is 19.2 Å². The van der Waals surface area contributed by atoms with Crippen LogP contribution in [0.2, 0.25) is 0 Å². The molecule has 7 heteroatoms. The number of rotatable bonds is 4. The van der Waals surface area contributed by atoms with Crippen LogP contribution in [0.25, 0.3) is 0 Å². The zero-order valence-corrected chi connectivity index (χ0v) is 10.3. The van der Waals surface area contributed by atoms with Crippen molar-refractivity contribution in [1.29, 1.82) is 0 Å². The third-order valence-corrected chi connectivity index (χ3v) is 2.84. The highest BCUT2D eigenvalue weighted by Gasteiger charge is 2.15. The quantitative estimate of drug-likeness (QED) is 0.929. The third-order valence-electron chi connectivity index (χ3n) is 2.24. The minimum absolute atomic E-state index is 0.0345. The molecule has 0 saturated heterocycles. The summed E-state index contributed by atoms with van der Waals surface area (Å²) in [7, 11) is 1.31. The van der Waals surface area contributed by atoms with Crippen LogP contribution >= 0.6 is 11.5 Å². The molecule has 0 bridgehead atoms. The molecule has 0 radical (unpaired) electrons. The molecule has 0 fully saturated rings. The average molecular weight is 272 g/mol. The van der Waals surface area contributed by atoms with E-state index in [1.54, 1.807) is 0 Å². The Balaban J connectivity index is 2.18. The molecule has 0 aliphatic rings. The molecule has 2 rings (SSSR count). The van der Waals surface area contributed by atoms with E-state index in [0.29, 0.717) is 5.00 Å². The van der Waals surface area contributed by atoms with Crippen LogP contribution in [0.3, 0.4) is 0 Å². The Morgan fingerprint density at radius 2 is 2.17 bits per heavy atom. The molecule has 0 aliphatic heterocycles. The molecule has 0 atom stereocenters. The van der Waals surface area contributed by atoms with Gasteiger partial charge in [-0.05, 0) is 23.7 Å². The second-order valence-corrected chi connectivity index (χ2v) is 4.23. The molecule has 0 spiro atoms. The lowest BCUT2D eigenvalue weighted by molar-refractivity contribution is 0.280. The van der Waals surface area contributed by atoms with Gasteiger partial charge in [-0.1, -0.05) is 0 Å². The number of halogens is 2. The first-order valence-electron chi connectivity index (χ1n) is 4.97. The Bertz CT molecular complexity index is 560. The van der Waals surface area contributed by atoms with Gasteiger partial charge in [-0.25, -0.2) is 8.78 Å². The van der Waals surface area contributed by atoms with Gasteiger partial charge in [-0.2, -0.15) is 4.37 Å². The van der Waals surface area contributed by atoms with E-state index in [0.717, 1.165) is 17.6 Å². The van der Waals surface area contributed by atoms with Gasteiger partial charge in [-0.15, -0.1) is 0 Å². The van der Waals surface area contributed by atoms with Gasteiger partial charge in [0.2, 0.25) is 5.88 Å². The second-order valence-electron chi connectivity index (χ2n) is 3.40. The summed E-state index contributed by atoms with van der Waals surface area (Å²) in [5, 5.41) is 0.469. The number of methoxy groups -OCH3 is 1. The molecule has 0 unspecified atom stereocenters. The zero-order chi connectivity index (χ0) is 13.1. The highest BCUT2D eigenvalue weighted by Crippen LogP contribution is 2.25. The number of nitrogens with two attached hydrogens (primary N) is 1. The van der Waals surface area contributed by atoms with Crippen LogP contribution in [0.5, 0.6) is 11.6 Å². The molecule has 96 valence electrons. The van der Waals surface area contributed by atoms with Gasteiger partial charge < -0.3 is 15.2 Å².